The van der Waals surface area contributed by atoms with Gasteiger partial charge >= 0.3 is 0 Å². The summed E-state index contributed by atoms with van der Waals surface area (Å²) >= 11 is 0. The summed E-state index contributed by atoms with van der Waals surface area (Å²) in [4.78, 5) is 0. The van der Waals surface area contributed by atoms with Crippen LogP contribution in [0.15, 0.2) is 0 Å². The highest BCUT2D eigenvalue weighted by Crippen LogP contribution is 2.30. The first-order valence-corrected chi connectivity index (χ1v) is 5.94. The van der Waals surface area contributed by atoms with Crippen LogP contribution in [0.25, 0.3) is 0 Å². The van der Waals surface area contributed by atoms with Gasteiger partial charge in [0.05, 0.1) is 18.8 Å². The van der Waals surface area contributed by atoms with E-state index in [9.17, 15) is 0 Å². The average Bonchev–Trinajstić information content (AvgIpc) is 2.11. The van der Waals surface area contributed by atoms with Crippen LogP contribution in [0.5, 0.6) is 0 Å². The maximum absolute atomic E-state index is 6.14. The highest BCUT2D eigenvalue weighted by molar-refractivity contribution is 4.87. The molecule has 1 aliphatic carbocycles. The summed E-state index contributed by atoms with van der Waals surface area (Å²) in [5.74, 6) is 1.29. The summed E-state index contributed by atoms with van der Waals surface area (Å²) in [6.45, 7) is 7.19. The lowest BCUT2D eigenvalue weighted by Crippen LogP contribution is -2.48. The fourth-order valence-corrected chi connectivity index (χ4v) is 2.66. The fraction of sp³-hybridized carbons (Fsp3) is 1.00. The van der Waals surface area contributed by atoms with Crippen molar-refractivity contribution in [1.82, 2.24) is 0 Å². The van der Waals surface area contributed by atoms with Crippen LogP contribution in [-0.4, -0.2) is 32.0 Å². The Labute approximate surface area is 93.3 Å². The molecule has 5 atom stereocenters. The summed E-state index contributed by atoms with van der Waals surface area (Å²) in [7, 11) is 1.70. The van der Waals surface area contributed by atoms with E-state index in [0.29, 0.717) is 12.5 Å². The quantitative estimate of drug-likeness (QED) is 0.777. The minimum atomic E-state index is 0.141. The standard InChI is InChI=1S/C12H25NO2/c1-8-5-9(2)12(11(13)6-8)15-10(3)7-14-4/h8-12H,5-7,13H2,1-4H3. The molecule has 5 unspecified atom stereocenters. The van der Waals surface area contributed by atoms with Gasteiger partial charge in [-0.25, -0.2) is 0 Å². The molecule has 1 aliphatic rings. The molecule has 90 valence electrons. The van der Waals surface area contributed by atoms with Gasteiger partial charge in [-0.2, -0.15) is 0 Å². The van der Waals surface area contributed by atoms with Gasteiger partial charge in [-0.15, -0.1) is 0 Å². The molecule has 0 spiro atoms. The molecule has 3 heteroatoms. The molecule has 0 aliphatic heterocycles. The molecule has 0 heterocycles. The topological polar surface area (TPSA) is 44.5 Å². The molecule has 0 amide bonds. The molecule has 1 saturated carbocycles. The van der Waals surface area contributed by atoms with E-state index in [2.05, 4.69) is 13.8 Å². The van der Waals surface area contributed by atoms with E-state index in [4.69, 9.17) is 15.2 Å². The van der Waals surface area contributed by atoms with Crippen LogP contribution >= 0.6 is 0 Å². The van der Waals surface area contributed by atoms with Crippen LogP contribution in [0.4, 0.5) is 0 Å². The molecule has 15 heavy (non-hydrogen) atoms. The van der Waals surface area contributed by atoms with Crippen molar-refractivity contribution < 1.29 is 9.47 Å². The van der Waals surface area contributed by atoms with Gasteiger partial charge < -0.3 is 15.2 Å². The number of rotatable bonds is 4. The van der Waals surface area contributed by atoms with Crippen molar-refractivity contribution in [2.45, 2.75) is 51.9 Å². The lowest BCUT2D eigenvalue weighted by atomic mass is 9.78. The number of hydrogen-bond acceptors (Lipinski definition) is 3. The van der Waals surface area contributed by atoms with E-state index < -0.39 is 0 Å². The summed E-state index contributed by atoms with van der Waals surface area (Å²) in [6, 6.07) is 0.183. The number of nitrogens with two attached hydrogens (primary N) is 1. The number of hydrogen-bond donors (Lipinski definition) is 1. The largest absolute Gasteiger partial charge is 0.382 e. The Morgan fingerprint density at radius 3 is 2.53 bits per heavy atom. The monoisotopic (exact) mass is 215 g/mol. The fourth-order valence-electron chi connectivity index (χ4n) is 2.66. The van der Waals surface area contributed by atoms with Crippen LogP contribution in [0.2, 0.25) is 0 Å². The van der Waals surface area contributed by atoms with E-state index in [-0.39, 0.29) is 18.2 Å². The molecule has 0 aromatic rings. The SMILES string of the molecule is COCC(C)OC1C(C)CC(C)CC1N. The molecule has 0 aromatic heterocycles. The van der Waals surface area contributed by atoms with Crippen molar-refractivity contribution >= 4 is 0 Å². The molecule has 0 saturated heterocycles. The van der Waals surface area contributed by atoms with Crippen LogP contribution in [0, 0.1) is 11.8 Å². The van der Waals surface area contributed by atoms with Gasteiger partial charge in [0.25, 0.3) is 0 Å². The van der Waals surface area contributed by atoms with Gasteiger partial charge in [-0.3, -0.25) is 0 Å². The van der Waals surface area contributed by atoms with Crippen molar-refractivity contribution in [1.29, 1.82) is 0 Å². The first kappa shape index (κ1) is 12.9. The highest BCUT2D eigenvalue weighted by atomic mass is 16.5. The predicted molar refractivity (Wildman–Crippen MR) is 61.7 cm³/mol. The van der Waals surface area contributed by atoms with Crippen molar-refractivity contribution in [2.75, 3.05) is 13.7 Å². The van der Waals surface area contributed by atoms with Crippen molar-refractivity contribution in [2.24, 2.45) is 17.6 Å². The van der Waals surface area contributed by atoms with Crippen LogP contribution in [-0.2, 0) is 9.47 Å². The smallest absolute Gasteiger partial charge is 0.0784 e. The first-order valence-electron chi connectivity index (χ1n) is 5.94. The zero-order valence-electron chi connectivity index (χ0n) is 10.4. The second kappa shape index (κ2) is 5.83. The van der Waals surface area contributed by atoms with E-state index in [0.717, 1.165) is 12.3 Å². The number of ether oxygens (including phenoxy) is 2. The molecule has 0 aromatic carbocycles. The molecule has 1 rings (SSSR count). The minimum absolute atomic E-state index is 0.141. The van der Waals surface area contributed by atoms with Gasteiger partial charge in [0.1, 0.15) is 0 Å². The summed E-state index contributed by atoms with van der Waals surface area (Å²) in [5.41, 5.74) is 6.14. The Hall–Kier alpha value is -0.120. The van der Waals surface area contributed by atoms with Gasteiger partial charge in [-0.05, 0) is 31.6 Å². The average molecular weight is 215 g/mol. The van der Waals surface area contributed by atoms with Gasteiger partial charge in [0.2, 0.25) is 0 Å². The molecule has 0 bridgehead atoms. The molecular formula is C12H25NO2. The molecule has 2 N–H and O–H groups in total. The third-order valence-electron chi connectivity index (χ3n) is 3.22. The molecule has 3 nitrogen and oxygen atoms in total. The van der Waals surface area contributed by atoms with Crippen molar-refractivity contribution in [3.8, 4) is 0 Å². The maximum atomic E-state index is 6.14. The third kappa shape index (κ3) is 3.74. The molecule has 0 radical (unpaired) electrons. The first-order chi connectivity index (χ1) is 7.04. The Morgan fingerprint density at radius 1 is 1.33 bits per heavy atom. The van der Waals surface area contributed by atoms with Crippen LogP contribution in [0.1, 0.15) is 33.6 Å². The Morgan fingerprint density at radius 2 is 2.00 bits per heavy atom. The van der Waals surface area contributed by atoms with Crippen molar-refractivity contribution in [3.05, 3.63) is 0 Å². The van der Waals surface area contributed by atoms with Crippen LogP contribution < -0.4 is 5.73 Å². The minimum Gasteiger partial charge on any atom is -0.382 e. The number of methoxy groups -OCH3 is 1. The van der Waals surface area contributed by atoms with Gasteiger partial charge in [-0.1, -0.05) is 13.8 Å². The normalized spacial score (nSPS) is 39.0. The highest BCUT2D eigenvalue weighted by Gasteiger charge is 2.33. The Balaban J connectivity index is 2.45. The van der Waals surface area contributed by atoms with E-state index in [1.165, 1.54) is 6.42 Å². The molecular weight excluding hydrogens is 190 g/mol. The zero-order chi connectivity index (χ0) is 11.4. The summed E-state index contributed by atoms with van der Waals surface area (Å²) in [5, 5.41) is 0. The van der Waals surface area contributed by atoms with E-state index in [1.54, 1.807) is 7.11 Å². The second-order valence-corrected chi connectivity index (χ2v) is 5.08. The van der Waals surface area contributed by atoms with E-state index >= 15 is 0 Å². The maximum Gasteiger partial charge on any atom is 0.0784 e. The van der Waals surface area contributed by atoms with Crippen LogP contribution in [0.3, 0.4) is 0 Å². The summed E-state index contributed by atoms with van der Waals surface area (Å²) < 4.78 is 11.0. The Kier molecular flexibility index (Phi) is 5.03. The Bertz CT molecular complexity index is 174. The summed E-state index contributed by atoms with van der Waals surface area (Å²) in [6.07, 6.45) is 2.64. The lowest BCUT2D eigenvalue weighted by Gasteiger charge is -2.38. The second-order valence-electron chi connectivity index (χ2n) is 5.08. The van der Waals surface area contributed by atoms with Gasteiger partial charge in [0, 0.05) is 13.2 Å². The van der Waals surface area contributed by atoms with Gasteiger partial charge in [0.15, 0.2) is 0 Å². The third-order valence-corrected chi connectivity index (χ3v) is 3.22. The lowest BCUT2D eigenvalue weighted by molar-refractivity contribution is -0.0868. The predicted octanol–water partition coefficient (Wildman–Crippen LogP) is 1.80. The zero-order valence-corrected chi connectivity index (χ0v) is 10.4. The van der Waals surface area contributed by atoms with E-state index in [1.807, 2.05) is 6.92 Å². The van der Waals surface area contributed by atoms with Crippen molar-refractivity contribution in [3.63, 3.8) is 0 Å². The molecule has 1 fully saturated rings.